The van der Waals surface area contributed by atoms with Crippen LogP contribution in [0.5, 0.6) is 34.5 Å². The number of carboxylic acid groups (broad SMARTS) is 1. The molecule has 0 amide bonds. The Bertz CT molecular complexity index is 2950. The van der Waals surface area contributed by atoms with Gasteiger partial charge in [0.2, 0.25) is 12.0 Å². The van der Waals surface area contributed by atoms with Gasteiger partial charge in [0.25, 0.3) is 0 Å². The molecule has 4 heterocycles. The van der Waals surface area contributed by atoms with Crippen molar-refractivity contribution in [2.75, 3.05) is 13.2 Å². The predicted octanol–water partition coefficient (Wildman–Crippen LogP) is 4.36. The summed E-state index contributed by atoms with van der Waals surface area (Å²) in [5.41, 5.74) is -4.40. The Morgan fingerprint density at radius 1 is 0.958 bits per heavy atom. The topological polar surface area (TPSA) is 306 Å². The Labute approximate surface area is 405 Å². The first-order chi connectivity index (χ1) is 34.1. The van der Waals surface area contributed by atoms with Gasteiger partial charge >= 0.3 is 5.97 Å². The van der Waals surface area contributed by atoms with Crippen LogP contribution in [0.3, 0.4) is 0 Å². The van der Waals surface area contributed by atoms with Crippen LogP contribution in [-0.2, 0) is 21.6 Å². The molecule has 4 aromatic rings. The van der Waals surface area contributed by atoms with Gasteiger partial charge in [-0.2, -0.15) is 0 Å². The summed E-state index contributed by atoms with van der Waals surface area (Å²) in [6.07, 6.45) is -1.20. The van der Waals surface area contributed by atoms with Gasteiger partial charge in [-0.05, 0) is 91.3 Å². The molecule has 2 fully saturated rings. The van der Waals surface area contributed by atoms with Crippen LogP contribution in [0.15, 0.2) is 130 Å². The summed E-state index contributed by atoms with van der Waals surface area (Å²) in [5.74, 6) is -4.89. The van der Waals surface area contributed by atoms with E-state index in [1.807, 2.05) is 6.07 Å². The summed E-state index contributed by atoms with van der Waals surface area (Å²) in [7, 11) is 0. The third-order valence-corrected chi connectivity index (χ3v) is 13.9. The van der Waals surface area contributed by atoms with Crippen molar-refractivity contribution in [1.82, 2.24) is 0 Å². The Kier molecular flexibility index (Phi) is 12.3. The van der Waals surface area contributed by atoms with E-state index in [0.29, 0.717) is 42.4 Å². The maximum absolute atomic E-state index is 13.3. The molecule has 19 heteroatoms. The molecule has 1 saturated carbocycles. The van der Waals surface area contributed by atoms with Gasteiger partial charge in [0.1, 0.15) is 70.3 Å². The fourth-order valence-electron chi connectivity index (χ4n) is 10.5. The number of phenolic OH excluding ortho intramolecular Hbond substituents is 2. The van der Waals surface area contributed by atoms with Crippen molar-refractivity contribution in [2.24, 2.45) is 20.9 Å². The largest absolute Gasteiger partial charge is 0.508 e. The van der Waals surface area contributed by atoms with E-state index in [9.17, 15) is 50.8 Å². The highest BCUT2D eigenvalue weighted by atomic mass is 16.7. The number of carboxylic acids is 1. The monoisotopic (exact) mass is 970 g/mol. The van der Waals surface area contributed by atoms with Crippen molar-refractivity contribution in [2.45, 2.75) is 85.7 Å². The number of ether oxygens (including phenoxy) is 5. The predicted molar refractivity (Wildman–Crippen MR) is 255 cm³/mol. The maximum Gasteiger partial charge on any atom is 0.336 e. The molecule has 9 atom stereocenters. The van der Waals surface area contributed by atoms with Gasteiger partial charge < -0.3 is 69.6 Å². The van der Waals surface area contributed by atoms with Crippen molar-refractivity contribution in [3.05, 3.63) is 137 Å². The summed E-state index contributed by atoms with van der Waals surface area (Å²) in [5, 5.41) is 112. The average molecular weight is 971 g/mol. The number of hydrogen-bond acceptors (Lipinski definition) is 17. The van der Waals surface area contributed by atoms with Crippen molar-refractivity contribution < 1.29 is 74.4 Å². The number of aliphatic hydroxyl groups is 6. The normalized spacial score (nSPS) is 27.9. The molecular formula is C52H50N4O15. The molecule has 1 unspecified atom stereocenters. The zero-order valence-electron chi connectivity index (χ0n) is 37.8. The fraction of sp³-hybridized carbons (Fsp3) is 0.327. The smallest absolute Gasteiger partial charge is 0.336 e. The van der Waals surface area contributed by atoms with E-state index >= 15 is 0 Å². The second-order valence-electron chi connectivity index (χ2n) is 18.4. The van der Waals surface area contributed by atoms with Gasteiger partial charge in [-0.15, -0.1) is 0 Å². The molecule has 2 bridgehead atoms. The number of aliphatic imine (C=N–C) groups is 3. The molecule has 0 spiro atoms. The van der Waals surface area contributed by atoms with E-state index in [0.717, 1.165) is 5.56 Å². The summed E-state index contributed by atoms with van der Waals surface area (Å²) < 4.78 is 31.7. The average Bonchev–Trinajstić information content (AvgIpc) is 4.16. The van der Waals surface area contributed by atoms with Crippen molar-refractivity contribution in [3.8, 4) is 34.5 Å². The fourth-order valence-corrected chi connectivity index (χ4v) is 10.5. The minimum Gasteiger partial charge on any atom is -0.508 e. The first kappa shape index (κ1) is 47.3. The molecule has 4 aliphatic heterocycles. The minimum atomic E-state index is -2.73. The summed E-state index contributed by atoms with van der Waals surface area (Å²) in [4.78, 5) is 25.7. The van der Waals surface area contributed by atoms with Crippen LogP contribution in [0.1, 0.15) is 54.0 Å². The SMILES string of the molecule is N=C1C=CC([C@@H](O)[C@H](CO)Oc2ccc(C3C=C(O)c4c(cc(O[C@@H]5O[C@H](C(=O)O)[C@]6(O)[C@H](C7=NC=NC7)C(Cc7ccccc7)=C[C@@]5(O)[C@@H]6O)c(OC5(c6cccc(O)c6)CCCC5)c4O)O3)cc2)=N1. The molecule has 1 saturated heterocycles. The van der Waals surface area contributed by atoms with Crippen LogP contribution in [0.25, 0.3) is 5.76 Å². The van der Waals surface area contributed by atoms with Crippen molar-refractivity contribution in [1.29, 1.82) is 5.41 Å². The van der Waals surface area contributed by atoms with E-state index in [-0.39, 0.29) is 64.5 Å². The molecule has 4 aromatic carbocycles. The van der Waals surface area contributed by atoms with Crippen LogP contribution < -0.4 is 18.9 Å². The molecule has 2 aliphatic carbocycles. The number of fused-ring (bicyclic) bond motifs is 3. The first-order valence-corrected chi connectivity index (χ1v) is 23.0. The third kappa shape index (κ3) is 8.39. The second kappa shape index (κ2) is 18.4. The molecule has 368 valence electrons. The zero-order valence-corrected chi connectivity index (χ0v) is 37.8. The van der Waals surface area contributed by atoms with Crippen molar-refractivity contribution in [3.63, 3.8) is 0 Å². The lowest BCUT2D eigenvalue weighted by Gasteiger charge is -2.57. The maximum atomic E-state index is 13.3. The van der Waals surface area contributed by atoms with Gasteiger partial charge in [-0.25, -0.2) is 14.8 Å². The number of amidine groups is 1. The van der Waals surface area contributed by atoms with Gasteiger partial charge in [0.15, 0.2) is 29.3 Å². The molecular weight excluding hydrogens is 921 g/mol. The number of benzene rings is 4. The van der Waals surface area contributed by atoms with Gasteiger partial charge in [-0.3, -0.25) is 10.4 Å². The first-order valence-electron chi connectivity index (χ1n) is 23.0. The van der Waals surface area contributed by atoms with Crippen LogP contribution in [0, 0.1) is 11.3 Å². The van der Waals surface area contributed by atoms with E-state index in [2.05, 4.69) is 15.0 Å². The number of carbonyl (C=O) groups is 1. The zero-order chi connectivity index (χ0) is 49.8. The van der Waals surface area contributed by atoms with Crippen LogP contribution in [0.4, 0.5) is 0 Å². The lowest BCUT2D eigenvalue weighted by Crippen LogP contribution is -2.79. The van der Waals surface area contributed by atoms with Crippen molar-refractivity contribution >= 4 is 35.3 Å². The third-order valence-electron chi connectivity index (χ3n) is 13.9. The van der Waals surface area contributed by atoms with Gasteiger partial charge in [0, 0.05) is 12.1 Å². The quantitative estimate of drug-likeness (QED) is 0.0741. The van der Waals surface area contributed by atoms with Crippen LogP contribution in [-0.4, -0.2) is 131 Å². The second-order valence-corrected chi connectivity index (χ2v) is 18.4. The van der Waals surface area contributed by atoms with Crippen LogP contribution >= 0.6 is 0 Å². The molecule has 0 aromatic heterocycles. The molecule has 71 heavy (non-hydrogen) atoms. The number of hydrogen-bond donors (Lipinski definition) is 10. The Balaban J connectivity index is 1.05. The highest BCUT2D eigenvalue weighted by molar-refractivity contribution is 6.16. The summed E-state index contributed by atoms with van der Waals surface area (Å²) in [6, 6.07) is 23.0. The highest BCUT2D eigenvalue weighted by Gasteiger charge is 2.71. The number of nitrogens with one attached hydrogen (secondary N) is 1. The summed E-state index contributed by atoms with van der Waals surface area (Å²) in [6.45, 7) is -0.600. The minimum absolute atomic E-state index is 0.0247. The number of nitrogens with zero attached hydrogens (tertiary/aromatic N) is 3. The standard InChI is InChI=1S/C52H50N4O15/c53-40-16-15-33(56-40)43(60)39(25-57)67-32-13-11-28(12-14-32)36-21-35(59)41-37(68-36)22-38(45(44(41)61)71-50(17-4-5-18-50)30-9-6-10-31(58)20-30)69-49-51(65)23-29(19-27-7-2-1-3-8-27)42(34-24-54-26-55-34)52(66,48(51)64)46(70-49)47(62)63/h1-3,6-16,20-23,26,36,39,42-43,46,48-49,53,57-61,64-66H,4-5,17-19,24-25H2,(H,62,63)/t36?,39-,42-,43+,46+,48-,49+,51+,52+/m0/s1. The molecule has 19 nitrogen and oxygen atoms in total. The van der Waals surface area contributed by atoms with Gasteiger partial charge in [0.05, 0.1) is 30.5 Å². The Hall–Kier alpha value is -7.39. The highest BCUT2D eigenvalue weighted by Crippen LogP contribution is 2.56. The molecule has 6 aliphatic rings. The Morgan fingerprint density at radius 3 is 2.38 bits per heavy atom. The van der Waals surface area contributed by atoms with Crippen LogP contribution in [0.2, 0.25) is 0 Å². The van der Waals surface area contributed by atoms with E-state index in [1.165, 1.54) is 48.8 Å². The Morgan fingerprint density at radius 2 is 1.72 bits per heavy atom. The van der Waals surface area contributed by atoms with E-state index < -0.39 is 83.6 Å². The number of aromatic hydroxyl groups is 2. The lowest BCUT2D eigenvalue weighted by atomic mass is 9.60. The summed E-state index contributed by atoms with van der Waals surface area (Å²) >= 11 is 0. The molecule has 0 radical (unpaired) electrons. The number of rotatable bonds is 15. The lowest BCUT2D eigenvalue weighted by molar-refractivity contribution is -0.338. The van der Waals surface area contributed by atoms with Gasteiger partial charge in [-0.1, -0.05) is 60.2 Å². The number of aliphatic carboxylic acids is 1. The molecule has 10 rings (SSSR count). The van der Waals surface area contributed by atoms with E-state index in [4.69, 9.17) is 29.1 Å². The number of phenols is 2. The molecule has 10 N–H and O–H groups in total. The number of aliphatic hydroxyl groups excluding tert-OH is 4. The van der Waals surface area contributed by atoms with E-state index in [1.54, 1.807) is 60.7 Å².